The number of hydrogen-bond acceptors (Lipinski definition) is 2. The normalized spacial score (nSPS) is 12.0. The number of rotatable bonds is 8. The van der Waals surface area contributed by atoms with Crippen molar-refractivity contribution < 1.29 is 27.9 Å². The van der Waals surface area contributed by atoms with Gasteiger partial charge in [-0.15, -0.1) is 0 Å². The van der Waals surface area contributed by atoms with E-state index in [-0.39, 0.29) is 12.3 Å². The Hall–Kier alpha value is -2.05. The van der Waals surface area contributed by atoms with E-state index >= 15 is 0 Å². The minimum Gasteiger partial charge on any atom is -0.481 e. The first-order valence-corrected chi connectivity index (χ1v) is 7.73. The molecule has 4 nitrogen and oxygen atoms in total. The standard InChI is InChI=1S/C17H22F3NO3/c1-16(2,12-7-6-8-13(11-12)17(18,19)20)15(24)21-10-5-3-4-9-14(22)23/h6-8,11H,3-5,9-10H2,1-2H3,(H,21,24)(H,22,23). The lowest BCUT2D eigenvalue weighted by Gasteiger charge is -2.25. The molecule has 0 aliphatic rings. The highest BCUT2D eigenvalue weighted by Gasteiger charge is 2.34. The third kappa shape index (κ3) is 5.86. The molecule has 7 heteroatoms. The minimum atomic E-state index is -4.45. The number of unbranched alkanes of at least 4 members (excludes halogenated alkanes) is 2. The molecule has 1 aromatic rings. The predicted octanol–water partition coefficient (Wildman–Crippen LogP) is 3.74. The summed E-state index contributed by atoms with van der Waals surface area (Å²) in [5.41, 5.74) is -1.59. The Balaban J connectivity index is 2.61. The van der Waals surface area contributed by atoms with Crippen LogP contribution in [0.5, 0.6) is 0 Å². The molecule has 0 saturated carbocycles. The monoisotopic (exact) mass is 345 g/mol. The van der Waals surface area contributed by atoms with E-state index in [9.17, 15) is 22.8 Å². The van der Waals surface area contributed by atoms with Crippen molar-refractivity contribution in [2.75, 3.05) is 6.54 Å². The summed E-state index contributed by atoms with van der Waals surface area (Å²) in [6.45, 7) is 3.51. The molecular weight excluding hydrogens is 323 g/mol. The summed E-state index contributed by atoms with van der Waals surface area (Å²) < 4.78 is 38.4. The topological polar surface area (TPSA) is 66.4 Å². The average Bonchev–Trinajstić information content (AvgIpc) is 2.49. The van der Waals surface area contributed by atoms with E-state index in [1.807, 2.05) is 0 Å². The SMILES string of the molecule is CC(C)(C(=O)NCCCCCC(=O)O)c1cccc(C(F)(F)F)c1. The zero-order chi connectivity index (χ0) is 18.4. The molecule has 1 rings (SSSR count). The minimum absolute atomic E-state index is 0.0870. The van der Waals surface area contributed by atoms with Gasteiger partial charge in [0, 0.05) is 13.0 Å². The Morgan fingerprint density at radius 2 is 1.71 bits per heavy atom. The van der Waals surface area contributed by atoms with E-state index < -0.39 is 23.1 Å². The molecule has 0 radical (unpaired) electrons. The highest BCUT2D eigenvalue weighted by atomic mass is 19.4. The molecule has 134 valence electrons. The van der Waals surface area contributed by atoms with Gasteiger partial charge in [-0.05, 0) is 38.3 Å². The van der Waals surface area contributed by atoms with Gasteiger partial charge < -0.3 is 10.4 Å². The summed E-state index contributed by atoms with van der Waals surface area (Å²) in [7, 11) is 0. The lowest BCUT2D eigenvalue weighted by atomic mass is 9.83. The number of halogens is 3. The number of alkyl halides is 3. The number of amides is 1. The Kier molecular flexibility index (Phi) is 6.81. The van der Waals surface area contributed by atoms with Crippen molar-refractivity contribution in [2.45, 2.75) is 51.1 Å². The summed E-state index contributed by atoms with van der Waals surface area (Å²) in [6, 6.07) is 4.76. The molecule has 1 aromatic carbocycles. The second-order valence-corrected chi connectivity index (χ2v) is 6.16. The largest absolute Gasteiger partial charge is 0.481 e. The van der Waals surface area contributed by atoms with Gasteiger partial charge in [0.25, 0.3) is 0 Å². The molecule has 0 aromatic heterocycles. The van der Waals surface area contributed by atoms with Crippen LogP contribution in [0.15, 0.2) is 24.3 Å². The van der Waals surface area contributed by atoms with Crippen LogP contribution in [-0.4, -0.2) is 23.5 Å². The predicted molar refractivity (Wildman–Crippen MR) is 83.6 cm³/mol. The van der Waals surface area contributed by atoms with Crippen LogP contribution in [0.1, 0.15) is 50.7 Å². The number of benzene rings is 1. The molecule has 0 atom stereocenters. The van der Waals surface area contributed by atoms with E-state index in [1.54, 1.807) is 13.8 Å². The number of nitrogens with one attached hydrogen (secondary N) is 1. The smallest absolute Gasteiger partial charge is 0.416 e. The van der Waals surface area contributed by atoms with E-state index in [4.69, 9.17) is 5.11 Å². The molecule has 0 unspecified atom stereocenters. The van der Waals surface area contributed by atoms with E-state index in [0.29, 0.717) is 31.4 Å². The maximum Gasteiger partial charge on any atom is 0.416 e. The van der Waals surface area contributed by atoms with Crippen LogP contribution in [-0.2, 0) is 21.2 Å². The number of hydrogen-bond donors (Lipinski definition) is 2. The molecule has 0 aliphatic heterocycles. The maximum atomic E-state index is 12.8. The van der Waals surface area contributed by atoms with Gasteiger partial charge in [0.1, 0.15) is 0 Å². The molecule has 1 amide bonds. The molecule has 0 spiro atoms. The summed E-state index contributed by atoms with van der Waals surface area (Å²) in [5, 5.41) is 11.2. The van der Waals surface area contributed by atoms with E-state index in [2.05, 4.69) is 5.32 Å². The highest BCUT2D eigenvalue weighted by Crippen LogP contribution is 2.32. The fourth-order valence-electron chi connectivity index (χ4n) is 2.22. The number of carboxylic acid groups (broad SMARTS) is 1. The number of aliphatic carboxylic acids is 1. The third-order valence-corrected chi connectivity index (χ3v) is 3.83. The van der Waals surface area contributed by atoms with Crippen LogP contribution in [0.3, 0.4) is 0 Å². The van der Waals surface area contributed by atoms with Crippen molar-refractivity contribution in [3.63, 3.8) is 0 Å². The number of carbonyl (C=O) groups excluding carboxylic acids is 1. The zero-order valence-corrected chi connectivity index (χ0v) is 13.7. The molecule has 24 heavy (non-hydrogen) atoms. The summed E-state index contributed by atoms with van der Waals surface area (Å²) in [6.07, 6.45) is -2.55. The average molecular weight is 345 g/mol. The molecular formula is C17H22F3NO3. The van der Waals surface area contributed by atoms with Gasteiger partial charge in [-0.2, -0.15) is 13.2 Å². The van der Waals surface area contributed by atoms with Crippen LogP contribution < -0.4 is 5.32 Å². The lowest BCUT2D eigenvalue weighted by Crippen LogP contribution is -2.40. The molecule has 0 aliphatic carbocycles. The Labute approximate surface area is 139 Å². The second kappa shape index (κ2) is 8.17. The van der Waals surface area contributed by atoms with Crippen molar-refractivity contribution in [1.29, 1.82) is 0 Å². The van der Waals surface area contributed by atoms with Gasteiger partial charge in [0.05, 0.1) is 11.0 Å². The maximum absolute atomic E-state index is 12.8. The quantitative estimate of drug-likeness (QED) is 0.705. The van der Waals surface area contributed by atoms with Crippen molar-refractivity contribution in [3.05, 3.63) is 35.4 Å². The molecule has 0 saturated heterocycles. The number of carbonyl (C=O) groups is 2. The van der Waals surface area contributed by atoms with Crippen LogP contribution >= 0.6 is 0 Å². The van der Waals surface area contributed by atoms with Gasteiger partial charge in [-0.1, -0.05) is 24.6 Å². The lowest BCUT2D eigenvalue weighted by molar-refractivity contribution is -0.138. The van der Waals surface area contributed by atoms with E-state index in [1.165, 1.54) is 12.1 Å². The highest BCUT2D eigenvalue weighted by molar-refractivity contribution is 5.87. The first-order chi connectivity index (χ1) is 11.0. The summed E-state index contributed by atoms with van der Waals surface area (Å²) in [4.78, 5) is 22.7. The molecule has 0 bridgehead atoms. The zero-order valence-electron chi connectivity index (χ0n) is 13.7. The van der Waals surface area contributed by atoms with Gasteiger partial charge in [0.2, 0.25) is 5.91 Å². The van der Waals surface area contributed by atoms with Crippen molar-refractivity contribution in [2.24, 2.45) is 0 Å². The fraction of sp³-hybridized carbons (Fsp3) is 0.529. The summed E-state index contributed by atoms with van der Waals surface area (Å²) in [5.74, 6) is -1.22. The van der Waals surface area contributed by atoms with Gasteiger partial charge in [-0.25, -0.2) is 0 Å². The molecule has 2 N–H and O–H groups in total. The van der Waals surface area contributed by atoms with Crippen molar-refractivity contribution in [3.8, 4) is 0 Å². The van der Waals surface area contributed by atoms with Crippen LogP contribution in [0.4, 0.5) is 13.2 Å². The van der Waals surface area contributed by atoms with Crippen LogP contribution in [0, 0.1) is 0 Å². The fourth-order valence-corrected chi connectivity index (χ4v) is 2.22. The van der Waals surface area contributed by atoms with Gasteiger partial charge in [-0.3, -0.25) is 9.59 Å². The molecule has 0 fully saturated rings. The summed E-state index contributed by atoms with van der Waals surface area (Å²) >= 11 is 0. The van der Waals surface area contributed by atoms with E-state index in [0.717, 1.165) is 12.1 Å². The Bertz CT molecular complexity index is 583. The third-order valence-electron chi connectivity index (χ3n) is 3.83. The Morgan fingerprint density at radius 3 is 2.29 bits per heavy atom. The van der Waals surface area contributed by atoms with Crippen LogP contribution in [0.2, 0.25) is 0 Å². The molecule has 0 heterocycles. The second-order valence-electron chi connectivity index (χ2n) is 6.16. The van der Waals surface area contributed by atoms with Gasteiger partial charge >= 0.3 is 12.1 Å². The first-order valence-electron chi connectivity index (χ1n) is 7.73. The number of carboxylic acids is 1. The van der Waals surface area contributed by atoms with Crippen molar-refractivity contribution in [1.82, 2.24) is 5.32 Å². The van der Waals surface area contributed by atoms with Crippen LogP contribution in [0.25, 0.3) is 0 Å². The van der Waals surface area contributed by atoms with Crippen molar-refractivity contribution >= 4 is 11.9 Å². The van der Waals surface area contributed by atoms with Gasteiger partial charge in [0.15, 0.2) is 0 Å². The Morgan fingerprint density at radius 1 is 1.08 bits per heavy atom. The first kappa shape index (κ1) is 20.0.